The van der Waals surface area contributed by atoms with Gasteiger partial charge in [0.25, 0.3) is 5.91 Å². The van der Waals surface area contributed by atoms with E-state index in [1.165, 1.54) is 0 Å². The Bertz CT molecular complexity index is 410. The topological polar surface area (TPSA) is 70.1 Å². The first-order valence-corrected chi connectivity index (χ1v) is 7.65. The molecular formula is C15H26N2O4. The van der Waals surface area contributed by atoms with Crippen LogP contribution in [0.4, 0.5) is 4.79 Å². The number of carbonyl (C=O) groups excluding carboxylic acids is 2. The Balaban J connectivity index is 1.86. The van der Waals surface area contributed by atoms with Gasteiger partial charge in [-0.25, -0.2) is 4.79 Å². The second-order valence-electron chi connectivity index (χ2n) is 7.11. The van der Waals surface area contributed by atoms with Crippen molar-refractivity contribution in [2.75, 3.05) is 19.6 Å². The van der Waals surface area contributed by atoms with Gasteiger partial charge in [0.15, 0.2) is 0 Å². The molecule has 2 amide bonds. The average molecular weight is 298 g/mol. The molecule has 2 rings (SSSR count). The third-order valence-corrected chi connectivity index (χ3v) is 4.12. The van der Waals surface area contributed by atoms with Crippen LogP contribution < -0.4 is 0 Å². The van der Waals surface area contributed by atoms with Gasteiger partial charge in [-0.2, -0.15) is 0 Å². The first-order chi connectivity index (χ1) is 9.69. The molecule has 2 fully saturated rings. The van der Waals surface area contributed by atoms with E-state index in [2.05, 4.69) is 0 Å². The standard InChI is InChI=1S/C15H26N2O4/c1-10-9-17(13(19)12(10)18)11-5-7-16(8-6-11)14(20)21-15(2,3)4/h10-12,18H,5-9H2,1-4H3. The molecule has 2 atom stereocenters. The number of ether oxygens (including phenoxy) is 1. The van der Waals surface area contributed by atoms with E-state index in [9.17, 15) is 14.7 Å². The zero-order chi connectivity index (χ0) is 15.8. The van der Waals surface area contributed by atoms with Gasteiger partial charge in [0.2, 0.25) is 0 Å². The summed E-state index contributed by atoms with van der Waals surface area (Å²) in [6.45, 7) is 9.23. The van der Waals surface area contributed by atoms with Crippen molar-refractivity contribution in [2.24, 2.45) is 5.92 Å². The maximum atomic E-state index is 12.0. The predicted octanol–water partition coefficient (Wildman–Crippen LogP) is 1.23. The number of carbonyl (C=O) groups is 2. The van der Waals surface area contributed by atoms with Crippen molar-refractivity contribution >= 4 is 12.0 Å². The first-order valence-electron chi connectivity index (χ1n) is 7.65. The lowest BCUT2D eigenvalue weighted by molar-refractivity contribution is -0.137. The van der Waals surface area contributed by atoms with Crippen LogP contribution in [0.5, 0.6) is 0 Å². The molecule has 0 aromatic heterocycles. The van der Waals surface area contributed by atoms with Crippen LogP contribution in [0.1, 0.15) is 40.5 Å². The molecule has 120 valence electrons. The van der Waals surface area contributed by atoms with Crippen molar-refractivity contribution in [3.05, 3.63) is 0 Å². The number of nitrogens with zero attached hydrogens (tertiary/aromatic N) is 2. The van der Waals surface area contributed by atoms with E-state index in [0.717, 1.165) is 12.8 Å². The summed E-state index contributed by atoms with van der Waals surface area (Å²) in [4.78, 5) is 27.5. The van der Waals surface area contributed by atoms with Gasteiger partial charge in [-0.05, 0) is 33.6 Å². The van der Waals surface area contributed by atoms with Crippen LogP contribution in [0, 0.1) is 5.92 Å². The van der Waals surface area contributed by atoms with E-state index in [4.69, 9.17) is 4.74 Å². The molecule has 6 nitrogen and oxygen atoms in total. The Morgan fingerprint density at radius 3 is 2.29 bits per heavy atom. The van der Waals surface area contributed by atoms with Gasteiger partial charge in [-0.3, -0.25) is 4.79 Å². The molecule has 0 aromatic carbocycles. The second-order valence-corrected chi connectivity index (χ2v) is 7.11. The fourth-order valence-corrected chi connectivity index (χ4v) is 2.93. The molecule has 2 aliphatic rings. The second kappa shape index (κ2) is 5.83. The fourth-order valence-electron chi connectivity index (χ4n) is 2.93. The third kappa shape index (κ3) is 3.67. The molecule has 6 heteroatoms. The highest BCUT2D eigenvalue weighted by molar-refractivity contribution is 5.83. The molecule has 0 spiro atoms. The van der Waals surface area contributed by atoms with Gasteiger partial charge in [0.05, 0.1) is 0 Å². The van der Waals surface area contributed by atoms with E-state index >= 15 is 0 Å². The summed E-state index contributed by atoms with van der Waals surface area (Å²) in [7, 11) is 0. The molecule has 2 saturated heterocycles. The molecule has 21 heavy (non-hydrogen) atoms. The largest absolute Gasteiger partial charge is 0.444 e. The number of hydrogen-bond acceptors (Lipinski definition) is 4. The Morgan fingerprint density at radius 1 is 1.29 bits per heavy atom. The monoisotopic (exact) mass is 298 g/mol. The number of rotatable bonds is 1. The van der Waals surface area contributed by atoms with Gasteiger partial charge in [-0.15, -0.1) is 0 Å². The quantitative estimate of drug-likeness (QED) is 0.790. The van der Waals surface area contributed by atoms with E-state index < -0.39 is 11.7 Å². The van der Waals surface area contributed by atoms with Crippen LogP contribution >= 0.6 is 0 Å². The number of aliphatic hydroxyl groups is 1. The van der Waals surface area contributed by atoms with E-state index in [1.807, 2.05) is 27.7 Å². The van der Waals surface area contributed by atoms with E-state index in [0.29, 0.717) is 19.6 Å². The lowest BCUT2D eigenvalue weighted by Gasteiger charge is -2.37. The highest BCUT2D eigenvalue weighted by Gasteiger charge is 2.41. The lowest BCUT2D eigenvalue weighted by atomic mass is 10.0. The van der Waals surface area contributed by atoms with Crippen molar-refractivity contribution in [3.8, 4) is 0 Å². The van der Waals surface area contributed by atoms with Crippen LogP contribution in [0.25, 0.3) is 0 Å². The van der Waals surface area contributed by atoms with Crippen molar-refractivity contribution in [2.45, 2.75) is 58.3 Å². The summed E-state index contributed by atoms with van der Waals surface area (Å²) in [5.74, 6) is -0.181. The Hall–Kier alpha value is -1.30. The highest BCUT2D eigenvalue weighted by Crippen LogP contribution is 2.26. The fraction of sp³-hybridized carbons (Fsp3) is 0.867. The smallest absolute Gasteiger partial charge is 0.410 e. The maximum absolute atomic E-state index is 12.0. The Labute approximate surface area is 126 Å². The maximum Gasteiger partial charge on any atom is 0.410 e. The molecule has 0 saturated carbocycles. The molecular weight excluding hydrogens is 272 g/mol. The highest BCUT2D eigenvalue weighted by atomic mass is 16.6. The van der Waals surface area contributed by atoms with Crippen LogP contribution in [-0.2, 0) is 9.53 Å². The normalized spacial score (nSPS) is 28.1. The van der Waals surface area contributed by atoms with Gasteiger partial charge in [0.1, 0.15) is 11.7 Å². The Kier molecular flexibility index (Phi) is 4.46. The number of hydrogen-bond donors (Lipinski definition) is 1. The van der Waals surface area contributed by atoms with Crippen LogP contribution in [-0.4, -0.2) is 64.3 Å². The molecule has 0 aliphatic carbocycles. The summed E-state index contributed by atoms with van der Waals surface area (Å²) < 4.78 is 5.36. The number of likely N-dealkylation sites (tertiary alicyclic amines) is 2. The summed E-state index contributed by atoms with van der Waals surface area (Å²) in [5.41, 5.74) is -0.488. The number of piperidine rings is 1. The van der Waals surface area contributed by atoms with E-state index in [1.54, 1.807) is 9.80 Å². The molecule has 2 aliphatic heterocycles. The SMILES string of the molecule is CC1CN(C2CCN(C(=O)OC(C)(C)C)CC2)C(=O)C1O. The lowest BCUT2D eigenvalue weighted by Crippen LogP contribution is -2.48. The van der Waals surface area contributed by atoms with Crippen molar-refractivity contribution in [1.29, 1.82) is 0 Å². The van der Waals surface area contributed by atoms with Crippen molar-refractivity contribution < 1.29 is 19.4 Å². The molecule has 0 radical (unpaired) electrons. The molecule has 2 heterocycles. The molecule has 0 bridgehead atoms. The molecule has 1 N–H and O–H groups in total. The Morgan fingerprint density at radius 2 is 1.86 bits per heavy atom. The van der Waals surface area contributed by atoms with Gasteiger partial charge < -0.3 is 19.6 Å². The van der Waals surface area contributed by atoms with Crippen LogP contribution in [0.3, 0.4) is 0 Å². The minimum Gasteiger partial charge on any atom is -0.444 e. The van der Waals surface area contributed by atoms with Crippen LogP contribution in [0.15, 0.2) is 0 Å². The summed E-state index contributed by atoms with van der Waals surface area (Å²) in [6, 6.07) is 0.121. The number of amides is 2. The first kappa shape index (κ1) is 16.1. The zero-order valence-corrected chi connectivity index (χ0v) is 13.3. The summed E-state index contributed by atoms with van der Waals surface area (Å²) >= 11 is 0. The summed E-state index contributed by atoms with van der Waals surface area (Å²) in [6.07, 6.45) is 0.325. The zero-order valence-electron chi connectivity index (χ0n) is 13.3. The van der Waals surface area contributed by atoms with Crippen LogP contribution in [0.2, 0.25) is 0 Å². The third-order valence-electron chi connectivity index (χ3n) is 4.12. The number of aliphatic hydroxyl groups excluding tert-OH is 1. The summed E-state index contributed by atoms with van der Waals surface area (Å²) in [5, 5.41) is 9.76. The van der Waals surface area contributed by atoms with Gasteiger partial charge in [-0.1, -0.05) is 6.92 Å². The minimum atomic E-state index is -0.867. The molecule has 2 unspecified atom stereocenters. The molecule has 0 aromatic rings. The van der Waals surface area contributed by atoms with E-state index in [-0.39, 0.29) is 24.0 Å². The average Bonchev–Trinajstić information content (AvgIpc) is 2.65. The van der Waals surface area contributed by atoms with Gasteiger partial charge >= 0.3 is 6.09 Å². The van der Waals surface area contributed by atoms with Gasteiger partial charge in [0, 0.05) is 31.6 Å². The predicted molar refractivity (Wildman–Crippen MR) is 77.7 cm³/mol. The van der Waals surface area contributed by atoms with Crippen molar-refractivity contribution in [3.63, 3.8) is 0 Å². The minimum absolute atomic E-state index is 0.0126. The van der Waals surface area contributed by atoms with Crippen molar-refractivity contribution in [1.82, 2.24) is 9.80 Å².